The van der Waals surface area contributed by atoms with Crippen LogP contribution in [0, 0.1) is 11.7 Å². The number of carbonyl (C=O) groups is 1. The molecule has 4 nitrogen and oxygen atoms in total. The van der Waals surface area contributed by atoms with Crippen LogP contribution in [0.3, 0.4) is 0 Å². The third-order valence-electron chi connectivity index (χ3n) is 3.84. The summed E-state index contributed by atoms with van der Waals surface area (Å²) in [4.78, 5) is 17.3. The van der Waals surface area contributed by atoms with E-state index < -0.39 is 5.82 Å². The molecule has 3 rings (SSSR count). The number of pyridine rings is 1. The van der Waals surface area contributed by atoms with Gasteiger partial charge in [-0.2, -0.15) is 0 Å². The number of hydrogen-bond acceptors (Lipinski definition) is 4. The first kappa shape index (κ1) is 15.1. The lowest BCUT2D eigenvalue weighted by molar-refractivity contribution is 0.0518. The molecule has 6 heteroatoms. The molecule has 0 aromatic carbocycles. The van der Waals surface area contributed by atoms with Gasteiger partial charge in [-0.3, -0.25) is 9.78 Å². The molecular weight excluding hydrogens is 303 g/mol. The molecule has 22 heavy (non-hydrogen) atoms. The van der Waals surface area contributed by atoms with Gasteiger partial charge in [0.05, 0.1) is 17.8 Å². The zero-order valence-corrected chi connectivity index (χ0v) is 12.8. The molecule has 1 saturated heterocycles. The largest absolute Gasteiger partial charge is 0.381 e. The van der Waals surface area contributed by atoms with Gasteiger partial charge in [0.25, 0.3) is 5.91 Å². The predicted octanol–water partition coefficient (Wildman–Crippen LogP) is 3.18. The minimum atomic E-state index is -0.508. The summed E-state index contributed by atoms with van der Waals surface area (Å²) < 4.78 is 18.6. The lowest BCUT2D eigenvalue weighted by Crippen LogP contribution is -2.35. The van der Waals surface area contributed by atoms with E-state index >= 15 is 0 Å². The molecule has 0 bridgehead atoms. The van der Waals surface area contributed by atoms with Crippen LogP contribution in [0.25, 0.3) is 0 Å². The van der Waals surface area contributed by atoms with Gasteiger partial charge in [0.15, 0.2) is 0 Å². The van der Waals surface area contributed by atoms with Crippen molar-refractivity contribution in [2.24, 2.45) is 5.92 Å². The molecule has 1 unspecified atom stereocenters. The Hall–Kier alpha value is -1.79. The molecule has 0 spiro atoms. The van der Waals surface area contributed by atoms with Crippen molar-refractivity contribution in [2.45, 2.75) is 18.9 Å². The van der Waals surface area contributed by atoms with Gasteiger partial charge in [-0.15, -0.1) is 11.3 Å². The second-order valence-electron chi connectivity index (χ2n) is 5.31. The summed E-state index contributed by atoms with van der Waals surface area (Å²) in [6.07, 6.45) is 4.29. The van der Waals surface area contributed by atoms with Crippen LogP contribution in [0.5, 0.6) is 0 Å². The molecule has 0 saturated carbocycles. The Balaban J connectivity index is 1.79. The first-order valence-electron chi connectivity index (χ1n) is 7.26. The summed E-state index contributed by atoms with van der Waals surface area (Å²) in [5, 5.41) is 5.04. The standard InChI is InChI=1S/C16H17FN2O2S/c17-13-8-12(9-18-10-13)16(20)19-15(14-2-1-7-22-14)11-3-5-21-6-4-11/h1-2,7-11,15H,3-6H2,(H,19,20). The number of rotatable bonds is 4. The zero-order valence-electron chi connectivity index (χ0n) is 12.0. The summed E-state index contributed by atoms with van der Waals surface area (Å²) in [5.74, 6) is -0.471. The van der Waals surface area contributed by atoms with Crippen molar-refractivity contribution < 1.29 is 13.9 Å². The Labute approximate surface area is 132 Å². The molecular formula is C16H17FN2O2S. The molecule has 2 aromatic heterocycles. The van der Waals surface area contributed by atoms with E-state index in [1.807, 2.05) is 17.5 Å². The van der Waals surface area contributed by atoms with Crippen LogP contribution in [0.15, 0.2) is 36.0 Å². The number of aromatic nitrogens is 1. The van der Waals surface area contributed by atoms with Gasteiger partial charge in [0.2, 0.25) is 0 Å². The first-order valence-corrected chi connectivity index (χ1v) is 8.14. The Morgan fingerprint density at radius 2 is 2.23 bits per heavy atom. The molecule has 1 aliphatic heterocycles. The first-order chi connectivity index (χ1) is 10.7. The number of ether oxygens (including phenoxy) is 1. The molecule has 1 atom stereocenters. The molecule has 3 heterocycles. The fraction of sp³-hybridized carbons (Fsp3) is 0.375. The minimum Gasteiger partial charge on any atom is -0.381 e. The normalized spacial score (nSPS) is 17.1. The Morgan fingerprint density at radius 3 is 2.91 bits per heavy atom. The SMILES string of the molecule is O=C(NC(c1cccs1)C1CCOCC1)c1cncc(F)c1. The van der Waals surface area contributed by atoms with Crippen molar-refractivity contribution in [2.75, 3.05) is 13.2 Å². The van der Waals surface area contributed by atoms with Crippen molar-refractivity contribution in [3.63, 3.8) is 0 Å². The van der Waals surface area contributed by atoms with Crippen LogP contribution in [0.4, 0.5) is 4.39 Å². The lowest BCUT2D eigenvalue weighted by Gasteiger charge is -2.30. The highest BCUT2D eigenvalue weighted by molar-refractivity contribution is 7.10. The van der Waals surface area contributed by atoms with Gasteiger partial charge in [-0.25, -0.2) is 4.39 Å². The van der Waals surface area contributed by atoms with Gasteiger partial charge in [-0.05, 0) is 36.3 Å². The van der Waals surface area contributed by atoms with Crippen molar-refractivity contribution in [3.8, 4) is 0 Å². The quantitative estimate of drug-likeness (QED) is 0.941. The van der Waals surface area contributed by atoms with Crippen molar-refractivity contribution in [1.29, 1.82) is 0 Å². The van der Waals surface area contributed by atoms with Crippen molar-refractivity contribution in [1.82, 2.24) is 10.3 Å². The van der Waals surface area contributed by atoms with Gasteiger partial charge < -0.3 is 10.1 Å². The topological polar surface area (TPSA) is 51.2 Å². The van der Waals surface area contributed by atoms with Crippen LogP contribution in [-0.4, -0.2) is 24.1 Å². The maximum Gasteiger partial charge on any atom is 0.253 e. The fourth-order valence-electron chi connectivity index (χ4n) is 2.70. The van der Waals surface area contributed by atoms with E-state index in [1.165, 1.54) is 12.3 Å². The highest BCUT2D eigenvalue weighted by Gasteiger charge is 2.28. The van der Waals surface area contributed by atoms with Crippen LogP contribution in [0.1, 0.15) is 34.1 Å². The number of nitrogens with zero attached hydrogens (tertiary/aromatic N) is 1. The summed E-state index contributed by atoms with van der Waals surface area (Å²) in [6.45, 7) is 1.42. The predicted molar refractivity (Wildman–Crippen MR) is 82.3 cm³/mol. The summed E-state index contributed by atoms with van der Waals surface area (Å²) >= 11 is 1.62. The van der Waals surface area contributed by atoms with Crippen LogP contribution in [-0.2, 0) is 4.74 Å². The number of nitrogens with one attached hydrogen (secondary N) is 1. The molecule has 1 amide bonds. The number of amides is 1. The number of halogens is 1. The maximum absolute atomic E-state index is 13.2. The highest BCUT2D eigenvalue weighted by atomic mass is 32.1. The van der Waals surface area contributed by atoms with E-state index in [0.29, 0.717) is 19.1 Å². The van der Waals surface area contributed by atoms with Gasteiger partial charge >= 0.3 is 0 Å². The Bertz CT molecular complexity index is 627. The van der Waals surface area contributed by atoms with Crippen LogP contribution < -0.4 is 5.32 Å². The minimum absolute atomic E-state index is 0.0698. The summed E-state index contributed by atoms with van der Waals surface area (Å²) in [6, 6.07) is 5.13. The van der Waals surface area contributed by atoms with Crippen LogP contribution >= 0.6 is 11.3 Å². The van der Waals surface area contributed by atoms with E-state index in [4.69, 9.17) is 4.74 Å². The summed E-state index contributed by atoms with van der Waals surface area (Å²) in [5.41, 5.74) is 0.244. The van der Waals surface area contributed by atoms with Gasteiger partial charge in [0, 0.05) is 24.3 Å². The van der Waals surface area contributed by atoms with E-state index in [9.17, 15) is 9.18 Å². The smallest absolute Gasteiger partial charge is 0.253 e. The third-order valence-corrected chi connectivity index (χ3v) is 4.80. The Kier molecular flexibility index (Phi) is 4.80. The van der Waals surface area contributed by atoms with E-state index in [2.05, 4.69) is 10.3 Å². The second-order valence-corrected chi connectivity index (χ2v) is 6.29. The highest BCUT2D eigenvalue weighted by Crippen LogP contribution is 2.32. The number of hydrogen-bond donors (Lipinski definition) is 1. The monoisotopic (exact) mass is 320 g/mol. The Morgan fingerprint density at radius 1 is 1.41 bits per heavy atom. The van der Waals surface area contributed by atoms with Crippen molar-refractivity contribution >= 4 is 17.2 Å². The fourth-order valence-corrected chi connectivity index (χ4v) is 3.57. The number of thiophene rings is 1. The lowest BCUT2D eigenvalue weighted by atomic mass is 9.90. The maximum atomic E-state index is 13.2. The van der Waals surface area contributed by atoms with E-state index in [0.717, 1.165) is 23.9 Å². The molecule has 116 valence electrons. The van der Waals surface area contributed by atoms with E-state index in [1.54, 1.807) is 11.3 Å². The molecule has 1 N–H and O–H groups in total. The average molecular weight is 320 g/mol. The van der Waals surface area contributed by atoms with E-state index in [-0.39, 0.29) is 17.5 Å². The van der Waals surface area contributed by atoms with Crippen molar-refractivity contribution in [3.05, 3.63) is 52.2 Å². The average Bonchev–Trinajstić information content (AvgIpc) is 3.07. The van der Waals surface area contributed by atoms with Gasteiger partial charge in [0.1, 0.15) is 5.82 Å². The van der Waals surface area contributed by atoms with Gasteiger partial charge in [-0.1, -0.05) is 6.07 Å². The number of carbonyl (C=O) groups excluding carboxylic acids is 1. The summed E-state index contributed by atoms with van der Waals surface area (Å²) in [7, 11) is 0. The molecule has 2 aromatic rings. The molecule has 1 aliphatic rings. The molecule has 1 fully saturated rings. The second kappa shape index (κ2) is 6.98. The molecule has 0 aliphatic carbocycles. The third kappa shape index (κ3) is 3.51. The van der Waals surface area contributed by atoms with Crippen LogP contribution in [0.2, 0.25) is 0 Å². The zero-order chi connectivity index (χ0) is 15.4. The molecule has 0 radical (unpaired) electrons.